The summed E-state index contributed by atoms with van der Waals surface area (Å²) >= 11 is 0. The van der Waals surface area contributed by atoms with Crippen LogP contribution in [0.3, 0.4) is 0 Å². The van der Waals surface area contributed by atoms with Gasteiger partial charge in [0, 0.05) is 7.05 Å². The van der Waals surface area contributed by atoms with Gasteiger partial charge in [-0.15, -0.1) is 0 Å². The molecule has 0 spiro atoms. The maximum atomic E-state index is 12.7. The van der Waals surface area contributed by atoms with Crippen molar-refractivity contribution in [3.05, 3.63) is 83.7 Å². The van der Waals surface area contributed by atoms with Crippen LogP contribution in [0.15, 0.2) is 60.8 Å². The molecule has 26 heavy (non-hydrogen) atoms. The lowest BCUT2D eigenvalue weighted by atomic mass is 10.1. The number of carbonyl (C=O) groups is 1. The van der Waals surface area contributed by atoms with Gasteiger partial charge in [-0.2, -0.15) is 0 Å². The number of carbonyl (C=O) groups excluding carboxylic acids is 1. The predicted molar refractivity (Wildman–Crippen MR) is 99.8 cm³/mol. The number of imidazole rings is 2. The number of hydrogen-bond acceptors (Lipinski definition) is 3. The van der Waals surface area contributed by atoms with E-state index in [-0.39, 0.29) is 11.9 Å². The zero-order valence-corrected chi connectivity index (χ0v) is 14.6. The third kappa shape index (κ3) is 2.86. The van der Waals surface area contributed by atoms with E-state index in [1.165, 1.54) is 0 Å². The highest BCUT2D eigenvalue weighted by Crippen LogP contribution is 2.25. The maximum absolute atomic E-state index is 12.7. The van der Waals surface area contributed by atoms with E-state index in [4.69, 9.17) is 4.98 Å². The third-order valence-electron chi connectivity index (χ3n) is 4.44. The van der Waals surface area contributed by atoms with Crippen LogP contribution in [0.4, 0.5) is 0 Å². The molecule has 1 unspecified atom stereocenters. The van der Waals surface area contributed by atoms with Crippen molar-refractivity contribution in [3.8, 4) is 0 Å². The zero-order chi connectivity index (χ0) is 18.1. The molecule has 0 fully saturated rings. The van der Waals surface area contributed by atoms with Crippen LogP contribution in [0.5, 0.6) is 0 Å². The fourth-order valence-corrected chi connectivity index (χ4v) is 3.11. The van der Waals surface area contributed by atoms with E-state index in [0.29, 0.717) is 11.5 Å². The number of fused-ring (bicyclic) bond motifs is 1. The molecule has 0 aliphatic heterocycles. The first-order valence-corrected chi connectivity index (χ1v) is 8.42. The summed E-state index contributed by atoms with van der Waals surface area (Å²) in [6, 6.07) is 17.4. The molecule has 4 rings (SSSR count). The molecule has 0 saturated heterocycles. The van der Waals surface area contributed by atoms with Crippen LogP contribution >= 0.6 is 0 Å². The van der Waals surface area contributed by atoms with E-state index >= 15 is 0 Å². The molecule has 130 valence electrons. The zero-order valence-electron chi connectivity index (χ0n) is 14.6. The minimum Gasteiger partial charge on any atom is -0.338 e. The van der Waals surface area contributed by atoms with Gasteiger partial charge in [0.25, 0.3) is 5.91 Å². The van der Waals surface area contributed by atoms with E-state index < -0.39 is 0 Å². The maximum Gasteiger partial charge on any atom is 0.270 e. The number of benzene rings is 2. The molecule has 2 aromatic carbocycles. The smallest absolute Gasteiger partial charge is 0.270 e. The summed E-state index contributed by atoms with van der Waals surface area (Å²) in [5.74, 6) is 1.27. The summed E-state index contributed by atoms with van der Waals surface area (Å²) in [6.07, 6.45) is 1.54. The summed E-state index contributed by atoms with van der Waals surface area (Å²) < 4.78 is 2.02. The number of amides is 1. The Morgan fingerprint density at radius 1 is 1.12 bits per heavy atom. The van der Waals surface area contributed by atoms with Crippen molar-refractivity contribution in [3.63, 3.8) is 0 Å². The summed E-state index contributed by atoms with van der Waals surface area (Å²) in [5, 5.41) is 3.09. The number of nitrogens with zero attached hydrogens (tertiary/aromatic N) is 3. The van der Waals surface area contributed by atoms with Crippen molar-refractivity contribution in [2.45, 2.75) is 13.0 Å². The van der Waals surface area contributed by atoms with Gasteiger partial charge in [0.1, 0.15) is 23.4 Å². The van der Waals surface area contributed by atoms with E-state index in [1.54, 1.807) is 6.20 Å². The van der Waals surface area contributed by atoms with Gasteiger partial charge in [-0.25, -0.2) is 9.97 Å². The van der Waals surface area contributed by atoms with Crippen LogP contribution in [0.25, 0.3) is 11.0 Å². The monoisotopic (exact) mass is 345 g/mol. The summed E-state index contributed by atoms with van der Waals surface area (Å²) in [5.41, 5.74) is 3.32. The lowest BCUT2D eigenvalue weighted by Gasteiger charge is -2.19. The summed E-state index contributed by atoms with van der Waals surface area (Å²) in [7, 11) is 1.97. The number of hydrogen-bond donors (Lipinski definition) is 2. The van der Waals surface area contributed by atoms with Crippen molar-refractivity contribution in [1.29, 1.82) is 0 Å². The standard InChI is InChI=1S/C20H19N5O/c1-13-21-12-16(22-13)20(26)24-18(14-8-4-3-5-9-14)19-23-15-10-6-7-11-17(15)25(19)2/h3-12,18H,1-2H3,(H,21,22)(H,24,26). The van der Waals surface area contributed by atoms with Gasteiger partial charge in [0.15, 0.2) is 0 Å². The molecule has 2 N–H and O–H groups in total. The number of aromatic nitrogens is 4. The Morgan fingerprint density at radius 2 is 1.85 bits per heavy atom. The summed E-state index contributed by atoms with van der Waals surface area (Å²) in [4.78, 5) is 24.6. The van der Waals surface area contributed by atoms with Gasteiger partial charge in [-0.3, -0.25) is 4.79 Å². The van der Waals surface area contributed by atoms with Crippen LogP contribution in [-0.4, -0.2) is 25.4 Å². The van der Waals surface area contributed by atoms with E-state index in [1.807, 2.05) is 73.1 Å². The first-order chi connectivity index (χ1) is 12.6. The Balaban J connectivity index is 1.78. The van der Waals surface area contributed by atoms with Gasteiger partial charge >= 0.3 is 0 Å². The Bertz CT molecular complexity index is 1060. The Labute approximate surface area is 150 Å². The number of rotatable bonds is 4. The molecule has 2 aromatic heterocycles. The van der Waals surface area contributed by atoms with E-state index in [2.05, 4.69) is 15.3 Å². The average molecular weight is 345 g/mol. The fourth-order valence-electron chi connectivity index (χ4n) is 3.11. The van der Waals surface area contributed by atoms with Crippen LogP contribution in [0.1, 0.15) is 33.7 Å². The molecule has 2 heterocycles. The van der Waals surface area contributed by atoms with Crippen molar-refractivity contribution in [2.24, 2.45) is 7.05 Å². The highest BCUT2D eigenvalue weighted by atomic mass is 16.2. The number of aryl methyl sites for hydroxylation is 2. The SMILES string of the molecule is Cc1ncc(C(=O)NC(c2ccccc2)c2nc3ccccc3n2C)[nH]1. The molecule has 0 aliphatic rings. The second-order valence-electron chi connectivity index (χ2n) is 6.22. The fraction of sp³-hybridized carbons (Fsp3) is 0.150. The number of H-pyrrole nitrogens is 1. The Kier molecular flexibility index (Phi) is 4.01. The van der Waals surface area contributed by atoms with Gasteiger partial charge in [0.05, 0.1) is 17.2 Å². The lowest BCUT2D eigenvalue weighted by molar-refractivity contribution is 0.0936. The van der Waals surface area contributed by atoms with E-state index in [9.17, 15) is 4.79 Å². The highest BCUT2D eigenvalue weighted by Gasteiger charge is 2.23. The van der Waals surface area contributed by atoms with Crippen molar-refractivity contribution >= 4 is 16.9 Å². The first-order valence-electron chi connectivity index (χ1n) is 8.42. The number of nitrogens with one attached hydrogen (secondary N) is 2. The second-order valence-corrected chi connectivity index (χ2v) is 6.22. The molecule has 0 saturated carbocycles. The number of para-hydroxylation sites is 2. The van der Waals surface area contributed by atoms with Gasteiger partial charge in [-0.1, -0.05) is 42.5 Å². The Morgan fingerprint density at radius 3 is 2.54 bits per heavy atom. The highest BCUT2D eigenvalue weighted by molar-refractivity contribution is 5.92. The normalized spacial score (nSPS) is 12.2. The predicted octanol–water partition coefficient (Wildman–Crippen LogP) is 3.12. The van der Waals surface area contributed by atoms with Crippen molar-refractivity contribution in [1.82, 2.24) is 24.8 Å². The molecule has 6 heteroatoms. The first kappa shape index (κ1) is 16.1. The van der Waals surface area contributed by atoms with Crippen LogP contribution in [-0.2, 0) is 7.05 Å². The molecule has 0 bridgehead atoms. The topological polar surface area (TPSA) is 75.6 Å². The van der Waals surface area contributed by atoms with Gasteiger partial charge in [-0.05, 0) is 24.6 Å². The minimum atomic E-state index is -0.371. The lowest BCUT2D eigenvalue weighted by Crippen LogP contribution is -2.31. The number of aromatic amines is 1. The molecular formula is C20H19N5O. The van der Waals surface area contributed by atoms with Crippen molar-refractivity contribution in [2.75, 3.05) is 0 Å². The Hall–Kier alpha value is -3.41. The minimum absolute atomic E-state index is 0.216. The molecule has 6 nitrogen and oxygen atoms in total. The van der Waals surface area contributed by atoms with E-state index in [0.717, 1.165) is 22.4 Å². The van der Waals surface area contributed by atoms with Gasteiger partial charge < -0.3 is 14.9 Å². The third-order valence-corrected chi connectivity index (χ3v) is 4.44. The average Bonchev–Trinajstić information content (AvgIpc) is 3.24. The van der Waals surface area contributed by atoms with Crippen molar-refractivity contribution < 1.29 is 4.79 Å². The molecule has 1 amide bonds. The van der Waals surface area contributed by atoms with Crippen LogP contribution in [0.2, 0.25) is 0 Å². The molecule has 1 atom stereocenters. The molecular weight excluding hydrogens is 326 g/mol. The van der Waals surface area contributed by atoms with Crippen LogP contribution in [0, 0.1) is 6.92 Å². The quantitative estimate of drug-likeness (QED) is 0.597. The molecule has 4 aromatic rings. The summed E-state index contributed by atoms with van der Waals surface area (Å²) in [6.45, 7) is 1.82. The largest absolute Gasteiger partial charge is 0.338 e. The van der Waals surface area contributed by atoms with Crippen LogP contribution < -0.4 is 5.32 Å². The molecule has 0 aliphatic carbocycles. The second kappa shape index (κ2) is 6.48. The molecule has 0 radical (unpaired) electrons. The van der Waals surface area contributed by atoms with Gasteiger partial charge in [0.2, 0.25) is 0 Å².